The molecule has 0 aliphatic heterocycles. The maximum absolute atomic E-state index is 10.8. The lowest BCUT2D eigenvalue weighted by Gasteiger charge is -2.18. The normalized spacial score (nSPS) is 9.94. The van der Waals surface area contributed by atoms with E-state index >= 15 is 0 Å². The summed E-state index contributed by atoms with van der Waals surface area (Å²) in [4.78, 5) is 20.5. The molecule has 0 aliphatic carbocycles. The summed E-state index contributed by atoms with van der Waals surface area (Å²) in [6.07, 6.45) is 4.87. The van der Waals surface area contributed by atoms with Crippen molar-refractivity contribution in [3.8, 4) is 0 Å². The predicted octanol–water partition coefficient (Wildman–Crippen LogP) is 1.94. The van der Waals surface area contributed by atoms with Crippen molar-refractivity contribution in [1.82, 2.24) is 9.97 Å². The largest absolute Gasteiger partial charge is 0.477 e. The molecule has 1 N–H and O–H groups in total. The summed E-state index contributed by atoms with van der Waals surface area (Å²) >= 11 is 0. The van der Waals surface area contributed by atoms with E-state index in [0.717, 1.165) is 11.4 Å². The molecule has 2 aromatic rings. The van der Waals surface area contributed by atoms with Crippen molar-refractivity contribution >= 4 is 17.3 Å². The summed E-state index contributed by atoms with van der Waals surface area (Å²) in [5, 5.41) is 8.87. The number of rotatable bonds is 3. The Bertz CT molecular complexity index is 528. The second kappa shape index (κ2) is 4.61. The Kier molecular flexibility index (Phi) is 3.00. The van der Waals surface area contributed by atoms with Gasteiger partial charge in [-0.2, -0.15) is 0 Å². The van der Waals surface area contributed by atoms with Gasteiger partial charge < -0.3 is 10.0 Å². The third-order valence-corrected chi connectivity index (χ3v) is 2.38. The summed E-state index contributed by atoms with van der Waals surface area (Å²) in [5.74, 6) is -1.04. The van der Waals surface area contributed by atoms with E-state index in [1.807, 2.05) is 24.1 Å². The Labute approximate surface area is 98.4 Å². The van der Waals surface area contributed by atoms with Crippen LogP contribution in [0.25, 0.3) is 0 Å². The molecular weight excluding hydrogens is 218 g/mol. The minimum atomic E-state index is -1.04. The zero-order chi connectivity index (χ0) is 12.3. The van der Waals surface area contributed by atoms with Crippen LogP contribution in [0.2, 0.25) is 0 Å². The van der Waals surface area contributed by atoms with Crippen LogP contribution in [0.1, 0.15) is 10.5 Å². The number of carboxylic acid groups (broad SMARTS) is 1. The fraction of sp³-hybridized carbons (Fsp3) is 0.0833. The van der Waals surface area contributed by atoms with E-state index in [-0.39, 0.29) is 5.69 Å². The second-order valence-electron chi connectivity index (χ2n) is 3.47. The number of carboxylic acids is 1. The third kappa shape index (κ3) is 2.39. The molecule has 0 saturated carbocycles. The van der Waals surface area contributed by atoms with E-state index in [1.165, 1.54) is 12.3 Å². The lowest BCUT2D eigenvalue weighted by molar-refractivity contribution is 0.0690. The van der Waals surface area contributed by atoms with Gasteiger partial charge in [0.2, 0.25) is 0 Å². The van der Waals surface area contributed by atoms with Gasteiger partial charge in [-0.3, -0.25) is 4.98 Å². The first kappa shape index (κ1) is 11.1. The maximum Gasteiger partial charge on any atom is 0.354 e. The fourth-order valence-electron chi connectivity index (χ4n) is 1.45. The van der Waals surface area contributed by atoms with E-state index < -0.39 is 5.97 Å². The van der Waals surface area contributed by atoms with Crippen molar-refractivity contribution in [1.29, 1.82) is 0 Å². The number of nitrogens with zero attached hydrogens (tertiary/aromatic N) is 3. The topological polar surface area (TPSA) is 66.3 Å². The van der Waals surface area contributed by atoms with Gasteiger partial charge in [-0.25, -0.2) is 9.78 Å². The van der Waals surface area contributed by atoms with Crippen LogP contribution >= 0.6 is 0 Å². The van der Waals surface area contributed by atoms with E-state index in [2.05, 4.69) is 9.97 Å². The molecule has 5 nitrogen and oxygen atoms in total. The number of carbonyl (C=O) groups is 1. The van der Waals surface area contributed by atoms with E-state index in [4.69, 9.17) is 5.11 Å². The van der Waals surface area contributed by atoms with Crippen LogP contribution in [0, 0.1) is 0 Å². The average Bonchev–Trinajstić information content (AvgIpc) is 2.39. The molecular formula is C12H11N3O2. The highest BCUT2D eigenvalue weighted by molar-refractivity contribution is 5.86. The van der Waals surface area contributed by atoms with Gasteiger partial charge in [0.1, 0.15) is 5.69 Å². The minimum absolute atomic E-state index is 0.0261. The van der Waals surface area contributed by atoms with Gasteiger partial charge >= 0.3 is 5.97 Å². The summed E-state index contributed by atoms with van der Waals surface area (Å²) in [7, 11) is 1.85. The first-order chi connectivity index (χ1) is 8.18. The van der Waals surface area contributed by atoms with E-state index in [1.54, 1.807) is 18.5 Å². The molecule has 0 radical (unpaired) electrons. The first-order valence-corrected chi connectivity index (χ1v) is 5.01. The predicted molar refractivity (Wildman–Crippen MR) is 63.5 cm³/mol. The van der Waals surface area contributed by atoms with Crippen molar-refractivity contribution in [2.24, 2.45) is 0 Å². The summed E-state index contributed by atoms with van der Waals surface area (Å²) in [6.45, 7) is 0. The molecule has 5 heteroatoms. The van der Waals surface area contributed by atoms with Gasteiger partial charge in [-0.05, 0) is 24.3 Å². The molecule has 86 valence electrons. The highest BCUT2D eigenvalue weighted by Gasteiger charge is 2.08. The number of pyridine rings is 2. The molecule has 2 aromatic heterocycles. The Hall–Kier alpha value is -2.43. The molecule has 0 atom stereocenters. The van der Waals surface area contributed by atoms with Gasteiger partial charge in [0.15, 0.2) is 0 Å². The third-order valence-electron chi connectivity index (χ3n) is 2.38. The van der Waals surface area contributed by atoms with E-state index in [0.29, 0.717) is 0 Å². The van der Waals surface area contributed by atoms with Crippen LogP contribution in [0.4, 0.5) is 11.4 Å². The quantitative estimate of drug-likeness (QED) is 0.871. The fourth-order valence-corrected chi connectivity index (χ4v) is 1.45. The van der Waals surface area contributed by atoms with Crippen molar-refractivity contribution in [2.45, 2.75) is 0 Å². The Morgan fingerprint density at radius 2 is 2.12 bits per heavy atom. The molecule has 0 unspecified atom stereocenters. The molecule has 0 saturated heterocycles. The molecule has 0 spiro atoms. The van der Waals surface area contributed by atoms with Crippen molar-refractivity contribution in [3.63, 3.8) is 0 Å². The maximum atomic E-state index is 10.8. The van der Waals surface area contributed by atoms with Gasteiger partial charge in [0, 0.05) is 25.1 Å². The van der Waals surface area contributed by atoms with Crippen molar-refractivity contribution in [3.05, 3.63) is 48.5 Å². The van der Waals surface area contributed by atoms with Crippen molar-refractivity contribution < 1.29 is 9.90 Å². The van der Waals surface area contributed by atoms with Crippen LogP contribution in [-0.2, 0) is 0 Å². The molecule has 17 heavy (non-hydrogen) atoms. The summed E-state index contributed by atoms with van der Waals surface area (Å²) in [6, 6.07) is 6.99. The zero-order valence-electron chi connectivity index (χ0n) is 9.24. The SMILES string of the molecule is CN(c1cccnc1)c1ccnc(C(=O)O)c1. The van der Waals surface area contributed by atoms with Crippen LogP contribution < -0.4 is 4.90 Å². The molecule has 2 heterocycles. The number of aromatic carboxylic acids is 1. The highest BCUT2D eigenvalue weighted by atomic mass is 16.4. The van der Waals surface area contributed by atoms with Gasteiger partial charge in [0.25, 0.3) is 0 Å². The minimum Gasteiger partial charge on any atom is -0.477 e. The average molecular weight is 229 g/mol. The first-order valence-electron chi connectivity index (χ1n) is 5.01. The molecule has 0 amide bonds. The van der Waals surface area contributed by atoms with Gasteiger partial charge in [-0.1, -0.05) is 0 Å². The van der Waals surface area contributed by atoms with Crippen LogP contribution in [0.5, 0.6) is 0 Å². The lowest BCUT2D eigenvalue weighted by atomic mass is 10.2. The Morgan fingerprint density at radius 1 is 1.29 bits per heavy atom. The van der Waals surface area contributed by atoms with Gasteiger partial charge in [0.05, 0.1) is 11.9 Å². The molecule has 0 fully saturated rings. The number of anilines is 2. The number of hydrogen-bond donors (Lipinski definition) is 1. The Balaban J connectivity index is 2.34. The van der Waals surface area contributed by atoms with Gasteiger partial charge in [-0.15, -0.1) is 0 Å². The Morgan fingerprint density at radius 3 is 2.76 bits per heavy atom. The summed E-state index contributed by atoms with van der Waals surface area (Å²) < 4.78 is 0. The van der Waals surface area contributed by atoms with Crippen LogP contribution in [-0.4, -0.2) is 28.1 Å². The summed E-state index contributed by atoms with van der Waals surface area (Å²) in [5.41, 5.74) is 1.67. The van der Waals surface area contributed by atoms with E-state index in [9.17, 15) is 4.79 Å². The van der Waals surface area contributed by atoms with Crippen LogP contribution in [0.3, 0.4) is 0 Å². The lowest BCUT2D eigenvalue weighted by Crippen LogP contribution is -2.11. The smallest absolute Gasteiger partial charge is 0.354 e. The highest BCUT2D eigenvalue weighted by Crippen LogP contribution is 2.22. The second-order valence-corrected chi connectivity index (χ2v) is 3.47. The van der Waals surface area contributed by atoms with Crippen molar-refractivity contribution in [2.75, 3.05) is 11.9 Å². The monoisotopic (exact) mass is 229 g/mol. The zero-order valence-corrected chi connectivity index (χ0v) is 9.24. The molecule has 2 rings (SSSR count). The standard InChI is InChI=1S/C12H11N3O2/c1-15(10-3-2-5-13-8-10)9-4-6-14-11(7-9)12(16)17/h2-8H,1H3,(H,16,17). The molecule has 0 aromatic carbocycles. The molecule has 0 aliphatic rings. The number of hydrogen-bond acceptors (Lipinski definition) is 4. The molecule has 0 bridgehead atoms. The van der Waals surface area contributed by atoms with Crippen LogP contribution in [0.15, 0.2) is 42.9 Å². The number of aromatic nitrogens is 2.